The molecule has 0 aliphatic carbocycles. The summed E-state index contributed by atoms with van der Waals surface area (Å²) in [5, 5.41) is 0. The van der Waals surface area contributed by atoms with Gasteiger partial charge in [-0.05, 0) is 38.0 Å². The molecule has 0 aromatic heterocycles. The summed E-state index contributed by atoms with van der Waals surface area (Å²) >= 11 is 0. The van der Waals surface area contributed by atoms with Gasteiger partial charge in [0.1, 0.15) is 0 Å². The summed E-state index contributed by atoms with van der Waals surface area (Å²) in [4.78, 5) is 11.6. The molecule has 0 aromatic carbocycles. The Morgan fingerprint density at radius 2 is 1.88 bits per heavy atom. The maximum Gasteiger partial charge on any atom is 0.308 e. The largest absolute Gasteiger partial charge is 0.469 e. The number of carbonyl (C=O) groups excluding carboxylic acids is 1. The molecule has 0 saturated carbocycles. The second-order valence-electron chi connectivity index (χ2n) is 8.08. The van der Waals surface area contributed by atoms with Crippen LogP contribution in [0.2, 0.25) is 0 Å². The van der Waals surface area contributed by atoms with Crippen LogP contribution in [0.1, 0.15) is 53.4 Å². The summed E-state index contributed by atoms with van der Waals surface area (Å²) in [5.74, 6) is 1.01. The molecule has 0 bridgehead atoms. The van der Waals surface area contributed by atoms with Gasteiger partial charge in [0.15, 0.2) is 0 Å². The van der Waals surface area contributed by atoms with Crippen molar-refractivity contribution in [3.63, 3.8) is 0 Å². The molecule has 0 radical (unpaired) electrons. The topological polar surface area (TPSA) is 54.0 Å². The van der Waals surface area contributed by atoms with Crippen LogP contribution in [0, 0.1) is 17.8 Å². The second-order valence-corrected chi connectivity index (χ2v) is 8.08. The molecule has 2 aliphatic rings. The van der Waals surface area contributed by atoms with Crippen molar-refractivity contribution >= 4 is 5.97 Å². The van der Waals surface area contributed by atoms with Crippen molar-refractivity contribution in [3.05, 3.63) is 12.2 Å². The van der Waals surface area contributed by atoms with Crippen LogP contribution in [0.4, 0.5) is 0 Å². The standard InChI is InChI=1S/C21H36O5/c1-13-7-9-17(25-18(13)12-20(22)24-6)10-8-14(2)21-15(3)11-19(26-21)16(4)23-5/h8,10,13-19,21H,7,9,11-12H2,1-6H3/b10-8+/t13-,14+,15+,16?,17+,18+,19-,21+/m1/s1. The quantitative estimate of drug-likeness (QED) is 0.506. The highest BCUT2D eigenvalue weighted by atomic mass is 16.5. The number of hydrogen-bond donors (Lipinski definition) is 0. The summed E-state index contributed by atoms with van der Waals surface area (Å²) in [6.07, 6.45) is 8.31. The van der Waals surface area contributed by atoms with Gasteiger partial charge >= 0.3 is 5.97 Å². The van der Waals surface area contributed by atoms with Crippen LogP contribution < -0.4 is 0 Å². The molecular weight excluding hydrogens is 332 g/mol. The molecule has 8 atom stereocenters. The maximum atomic E-state index is 11.6. The van der Waals surface area contributed by atoms with E-state index in [9.17, 15) is 4.79 Å². The molecule has 26 heavy (non-hydrogen) atoms. The molecule has 5 heteroatoms. The van der Waals surface area contributed by atoms with Crippen LogP contribution in [0.5, 0.6) is 0 Å². The number of ether oxygens (including phenoxy) is 4. The van der Waals surface area contributed by atoms with Crippen LogP contribution >= 0.6 is 0 Å². The van der Waals surface area contributed by atoms with E-state index in [4.69, 9.17) is 18.9 Å². The Balaban J connectivity index is 1.89. The number of rotatable bonds is 7. The van der Waals surface area contributed by atoms with Gasteiger partial charge in [-0.3, -0.25) is 4.79 Å². The third-order valence-corrected chi connectivity index (χ3v) is 6.03. The van der Waals surface area contributed by atoms with Crippen molar-refractivity contribution in [2.24, 2.45) is 17.8 Å². The summed E-state index contributed by atoms with van der Waals surface area (Å²) in [6, 6.07) is 0. The zero-order chi connectivity index (χ0) is 19.3. The molecule has 150 valence electrons. The monoisotopic (exact) mass is 368 g/mol. The lowest BCUT2D eigenvalue weighted by Gasteiger charge is -2.33. The number of methoxy groups -OCH3 is 2. The van der Waals surface area contributed by atoms with Crippen LogP contribution in [0.15, 0.2) is 12.2 Å². The van der Waals surface area contributed by atoms with E-state index in [1.165, 1.54) is 7.11 Å². The molecule has 0 spiro atoms. The number of carbonyl (C=O) groups is 1. The zero-order valence-corrected chi connectivity index (χ0v) is 17.1. The highest BCUT2D eigenvalue weighted by Crippen LogP contribution is 2.34. The van der Waals surface area contributed by atoms with E-state index in [2.05, 4.69) is 39.8 Å². The van der Waals surface area contributed by atoms with E-state index in [-0.39, 0.29) is 36.5 Å². The Labute approximate surface area is 158 Å². The summed E-state index contributed by atoms with van der Waals surface area (Å²) < 4.78 is 22.6. The van der Waals surface area contributed by atoms with E-state index < -0.39 is 0 Å². The molecule has 2 saturated heterocycles. The Morgan fingerprint density at radius 3 is 2.54 bits per heavy atom. The van der Waals surface area contributed by atoms with Gasteiger partial charge in [-0.15, -0.1) is 0 Å². The Morgan fingerprint density at radius 1 is 1.15 bits per heavy atom. The van der Waals surface area contributed by atoms with Gasteiger partial charge in [-0.1, -0.05) is 32.9 Å². The van der Waals surface area contributed by atoms with Crippen molar-refractivity contribution in [2.75, 3.05) is 14.2 Å². The van der Waals surface area contributed by atoms with E-state index in [1.807, 2.05) is 0 Å². The molecule has 0 amide bonds. The van der Waals surface area contributed by atoms with Gasteiger partial charge in [0.05, 0.1) is 44.1 Å². The fourth-order valence-electron chi connectivity index (χ4n) is 4.08. The summed E-state index contributed by atoms with van der Waals surface area (Å²) in [6.45, 7) is 8.66. The molecule has 2 aliphatic heterocycles. The minimum absolute atomic E-state index is 0.0604. The first-order valence-corrected chi connectivity index (χ1v) is 9.94. The van der Waals surface area contributed by atoms with Crippen molar-refractivity contribution in [2.45, 2.75) is 83.9 Å². The van der Waals surface area contributed by atoms with Gasteiger partial charge in [-0.2, -0.15) is 0 Å². The van der Waals surface area contributed by atoms with E-state index in [0.717, 1.165) is 19.3 Å². The predicted octanol–water partition coefficient (Wildman–Crippen LogP) is 3.75. The molecule has 5 nitrogen and oxygen atoms in total. The Bertz CT molecular complexity index is 477. The maximum absolute atomic E-state index is 11.6. The van der Waals surface area contributed by atoms with Crippen molar-refractivity contribution in [1.82, 2.24) is 0 Å². The highest BCUT2D eigenvalue weighted by molar-refractivity contribution is 5.69. The fourth-order valence-corrected chi connectivity index (χ4v) is 4.08. The van der Waals surface area contributed by atoms with Gasteiger partial charge in [-0.25, -0.2) is 0 Å². The van der Waals surface area contributed by atoms with Crippen LogP contribution in [-0.4, -0.2) is 50.7 Å². The van der Waals surface area contributed by atoms with Crippen molar-refractivity contribution in [1.29, 1.82) is 0 Å². The normalized spacial score (nSPS) is 37.6. The smallest absolute Gasteiger partial charge is 0.308 e. The molecule has 2 rings (SSSR count). The Kier molecular flexibility index (Phi) is 8.11. The molecule has 2 fully saturated rings. The van der Waals surface area contributed by atoms with Crippen LogP contribution in [-0.2, 0) is 23.7 Å². The lowest BCUT2D eigenvalue weighted by atomic mass is 9.89. The zero-order valence-electron chi connectivity index (χ0n) is 17.1. The molecule has 1 unspecified atom stereocenters. The lowest BCUT2D eigenvalue weighted by molar-refractivity contribution is -0.148. The Hall–Kier alpha value is -0.910. The minimum Gasteiger partial charge on any atom is -0.469 e. The van der Waals surface area contributed by atoms with Crippen molar-refractivity contribution < 1.29 is 23.7 Å². The van der Waals surface area contributed by atoms with Gasteiger partial charge in [0.25, 0.3) is 0 Å². The average molecular weight is 369 g/mol. The first-order valence-electron chi connectivity index (χ1n) is 9.94. The molecule has 2 heterocycles. The third-order valence-electron chi connectivity index (χ3n) is 6.03. The van der Waals surface area contributed by atoms with Gasteiger partial charge in [0.2, 0.25) is 0 Å². The first kappa shape index (κ1) is 21.4. The average Bonchev–Trinajstić information content (AvgIpc) is 3.03. The number of esters is 1. The van der Waals surface area contributed by atoms with Crippen LogP contribution in [0.25, 0.3) is 0 Å². The molecular formula is C21H36O5. The second kappa shape index (κ2) is 9.86. The first-order chi connectivity index (χ1) is 12.3. The van der Waals surface area contributed by atoms with E-state index in [1.54, 1.807) is 7.11 Å². The van der Waals surface area contributed by atoms with Gasteiger partial charge in [0, 0.05) is 13.0 Å². The third kappa shape index (κ3) is 5.54. The number of hydrogen-bond acceptors (Lipinski definition) is 5. The molecule has 0 aromatic rings. The highest BCUT2D eigenvalue weighted by Gasteiger charge is 2.37. The lowest BCUT2D eigenvalue weighted by Crippen LogP contribution is -2.35. The fraction of sp³-hybridized carbons (Fsp3) is 0.857. The minimum atomic E-state index is -0.202. The van der Waals surface area contributed by atoms with E-state index in [0.29, 0.717) is 24.2 Å². The predicted molar refractivity (Wildman–Crippen MR) is 101 cm³/mol. The summed E-state index contributed by atoms with van der Waals surface area (Å²) in [5.41, 5.74) is 0. The van der Waals surface area contributed by atoms with Gasteiger partial charge < -0.3 is 18.9 Å². The van der Waals surface area contributed by atoms with Crippen LogP contribution in [0.3, 0.4) is 0 Å². The molecule has 0 N–H and O–H groups in total. The van der Waals surface area contributed by atoms with E-state index >= 15 is 0 Å². The SMILES string of the molecule is COC(=O)C[C@@H]1O[C@H](/C=C/[C@H](C)[C@@H]2O[C@@H](C(C)OC)C[C@@H]2C)CC[C@H]1C. The summed E-state index contributed by atoms with van der Waals surface area (Å²) in [7, 11) is 3.16. The van der Waals surface area contributed by atoms with Crippen molar-refractivity contribution in [3.8, 4) is 0 Å².